The maximum absolute atomic E-state index is 13.3. The van der Waals surface area contributed by atoms with Crippen molar-refractivity contribution >= 4 is 54.9 Å². The van der Waals surface area contributed by atoms with Crippen LogP contribution in [-0.4, -0.2) is 42.2 Å². The number of carbonyl (C=O) groups excluding carboxylic acids is 1. The van der Waals surface area contributed by atoms with E-state index in [2.05, 4.69) is 37.0 Å². The van der Waals surface area contributed by atoms with E-state index in [1.165, 1.54) is 18.9 Å². The van der Waals surface area contributed by atoms with Crippen molar-refractivity contribution in [2.45, 2.75) is 39.2 Å². The number of rotatable bonds is 8. The van der Waals surface area contributed by atoms with Crippen LogP contribution in [0.3, 0.4) is 0 Å². The molecule has 0 spiro atoms. The largest absolute Gasteiger partial charge is 0.493 e. The quantitative estimate of drug-likeness (QED) is 0.261. The zero-order valence-electron chi connectivity index (χ0n) is 19.5. The molecule has 2 atom stereocenters. The van der Waals surface area contributed by atoms with Crippen LogP contribution in [0.25, 0.3) is 10.9 Å². The standard InChI is InChI=1S/C24H25Br2N3O5/c1-6-13(2)22-28-19-8-7-16(25)10-17(19)23(30)29(22)27-12-15-9-20(32-4)21(11-18(15)26)34-14(3)24(31)33-5/h7-14H,6H2,1-5H3/t13-,14-/m1/s1. The Kier molecular flexibility index (Phi) is 8.48. The maximum atomic E-state index is 13.3. The van der Waals surface area contributed by atoms with Crippen molar-refractivity contribution in [2.24, 2.45) is 5.10 Å². The summed E-state index contributed by atoms with van der Waals surface area (Å²) in [5.41, 5.74) is 1.01. The van der Waals surface area contributed by atoms with Gasteiger partial charge in [0.15, 0.2) is 17.6 Å². The normalized spacial score (nSPS) is 13.1. The molecular formula is C24H25Br2N3O5. The van der Waals surface area contributed by atoms with E-state index in [-0.39, 0.29) is 11.5 Å². The molecule has 0 aliphatic rings. The van der Waals surface area contributed by atoms with Crippen molar-refractivity contribution in [3.05, 3.63) is 61.0 Å². The highest BCUT2D eigenvalue weighted by atomic mass is 79.9. The Balaban J connectivity index is 2.08. The van der Waals surface area contributed by atoms with Crippen LogP contribution < -0.4 is 15.0 Å². The summed E-state index contributed by atoms with van der Waals surface area (Å²) < 4.78 is 18.6. The van der Waals surface area contributed by atoms with Crippen molar-refractivity contribution in [2.75, 3.05) is 14.2 Å². The van der Waals surface area contributed by atoms with Gasteiger partial charge in [-0.25, -0.2) is 9.78 Å². The molecule has 10 heteroatoms. The maximum Gasteiger partial charge on any atom is 0.346 e. The molecule has 2 aromatic carbocycles. The molecule has 1 heterocycles. The first kappa shape index (κ1) is 25.9. The first-order chi connectivity index (χ1) is 16.2. The van der Waals surface area contributed by atoms with E-state index in [0.717, 1.165) is 10.9 Å². The van der Waals surface area contributed by atoms with Gasteiger partial charge in [-0.15, -0.1) is 0 Å². The predicted octanol–water partition coefficient (Wildman–Crippen LogP) is 5.27. The van der Waals surface area contributed by atoms with E-state index in [0.29, 0.717) is 38.3 Å². The first-order valence-corrected chi connectivity index (χ1v) is 12.2. The van der Waals surface area contributed by atoms with Crippen LogP contribution in [-0.2, 0) is 9.53 Å². The molecule has 180 valence electrons. The number of benzene rings is 2. The molecule has 0 aliphatic carbocycles. The number of fused-ring (bicyclic) bond motifs is 1. The molecule has 0 N–H and O–H groups in total. The third kappa shape index (κ3) is 5.50. The second-order valence-corrected chi connectivity index (χ2v) is 9.38. The van der Waals surface area contributed by atoms with Crippen molar-refractivity contribution in [1.82, 2.24) is 9.66 Å². The fourth-order valence-electron chi connectivity index (χ4n) is 3.20. The number of methoxy groups -OCH3 is 2. The van der Waals surface area contributed by atoms with Crippen LogP contribution in [0.4, 0.5) is 0 Å². The molecule has 1 aromatic heterocycles. The van der Waals surface area contributed by atoms with Crippen molar-refractivity contribution in [1.29, 1.82) is 0 Å². The molecule has 0 bridgehead atoms. The van der Waals surface area contributed by atoms with Crippen LogP contribution in [0, 0.1) is 0 Å². The van der Waals surface area contributed by atoms with Gasteiger partial charge in [0, 0.05) is 20.4 Å². The molecule has 0 radical (unpaired) electrons. The van der Waals surface area contributed by atoms with Crippen molar-refractivity contribution < 1.29 is 19.0 Å². The molecule has 0 amide bonds. The highest BCUT2D eigenvalue weighted by molar-refractivity contribution is 9.10. The summed E-state index contributed by atoms with van der Waals surface area (Å²) in [6.45, 7) is 5.63. The van der Waals surface area contributed by atoms with Gasteiger partial charge in [-0.3, -0.25) is 4.79 Å². The molecule has 3 rings (SSSR count). The molecule has 0 fully saturated rings. The number of ether oxygens (including phenoxy) is 3. The second-order valence-electron chi connectivity index (χ2n) is 7.61. The summed E-state index contributed by atoms with van der Waals surface area (Å²) in [6, 6.07) is 8.79. The lowest BCUT2D eigenvalue weighted by Crippen LogP contribution is -2.25. The lowest BCUT2D eigenvalue weighted by atomic mass is 10.1. The molecule has 34 heavy (non-hydrogen) atoms. The highest BCUT2D eigenvalue weighted by Gasteiger charge is 2.19. The van der Waals surface area contributed by atoms with Crippen LogP contribution in [0.15, 0.2) is 49.2 Å². The van der Waals surface area contributed by atoms with Gasteiger partial charge in [-0.2, -0.15) is 9.78 Å². The number of hydrogen-bond acceptors (Lipinski definition) is 7. The minimum absolute atomic E-state index is 0.0199. The minimum atomic E-state index is -0.815. The van der Waals surface area contributed by atoms with E-state index in [4.69, 9.17) is 19.2 Å². The van der Waals surface area contributed by atoms with E-state index in [1.807, 2.05) is 26.0 Å². The van der Waals surface area contributed by atoms with Gasteiger partial charge in [0.2, 0.25) is 0 Å². The molecule has 0 saturated heterocycles. The Morgan fingerprint density at radius 1 is 1.18 bits per heavy atom. The summed E-state index contributed by atoms with van der Waals surface area (Å²) in [7, 11) is 2.79. The summed E-state index contributed by atoms with van der Waals surface area (Å²) in [6.07, 6.45) is 1.54. The van der Waals surface area contributed by atoms with E-state index in [9.17, 15) is 9.59 Å². The van der Waals surface area contributed by atoms with Gasteiger partial charge in [-0.05, 0) is 59.6 Å². The van der Waals surface area contributed by atoms with E-state index in [1.54, 1.807) is 31.3 Å². The Bertz CT molecular complexity index is 1310. The van der Waals surface area contributed by atoms with Crippen LogP contribution in [0.2, 0.25) is 0 Å². The molecule has 0 saturated carbocycles. The van der Waals surface area contributed by atoms with Gasteiger partial charge < -0.3 is 14.2 Å². The van der Waals surface area contributed by atoms with Crippen LogP contribution in [0.1, 0.15) is 44.5 Å². The predicted molar refractivity (Wildman–Crippen MR) is 138 cm³/mol. The van der Waals surface area contributed by atoms with Crippen molar-refractivity contribution in [3.8, 4) is 11.5 Å². The van der Waals surface area contributed by atoms with Crippen LogP contribution >= 0.6 is 31.9 Å². The topological polar surface area (TPSA) is 92.0 Å². The fraction of sp³-hybridized carbons (Fsp3) is 0.333. The monoisotopic (exact) mass is 593 g/mol. The third-order valence-electron chi connectivity index (χ3n) is 5.32. The average Bonchev–Trinajstić information content (AvgIpc) is 2.83. The zero-order valence-corrected chi connectivity index (χ0v) is 22.6. The third-order valence-corrected chi connectivity index (χ3v) is 6.50. The average molecular weight is 595 g/mol. The van der Waals surface area contributed by atoms with Gasteiger partial charge in [-0.1, -0.05) is 29.8 Å². The summed E-state index contributed by atoms with van der Waals surface area (Å²) in [5.74, 6) is 0.853. The molecule has 3 aromatic rings. The molecule has 0 aliphatic heterocycles. The van der Waals surface area contributed by atoms with Gasteiger partial charge >= 0.3 is 5.97 Å². The Hall–Kier alpha value is -2.72. The fourth-order valence-corrected chi connectivity index (χ4v) is 3.99. The lowest BCUT2D eigenvalue weighted by Gasteiger charge is -2.16. The number of carbonyl (C=O) groups is 1. The Morgan fingerprint density at radius 2 is 1.91 bits per heavy atom. The van der Waals surface area contributed by atoms with E-state index < -0.39 is 12.1 Å². The minimum Gasteiger partial charge on any atom is -0.493 e. The first-order valence-electron chi connectivity index (χ1n) is 10.6. The number of halogens is 2. The van der Waals surface area contributed by atoms with Gasteiger partial charge in [0.05, 0.1) is 31.3 Å². The van der Waals surface area contributed by atoms with Gasteiger partial charge in [0.1, 0.15) is 5.82 Å². The summed E-state index contributed by atoms with van der Waals surface area (Å²) in [5, 5.41) is 4.96. The zero-order chi connectivity index (χ0) is 25.0. The van der Waals surface area contributed by atoms with E-state index >= 15 is 0 Å². The van der Waals surface area contributed by atoms with Gasteiger partial charge in [0.25, 0.3) is 5.56 Å². The highest BCUT2D eigenvalue weighted by Crippen LogP contribution is 2.34. The summed E-state index contributed by atoms with van der Waals surface area (Å²) in [4.78, 5) is 29.7. The Labute approximate surface area is 214 Å². The number of hydrogen-bond donors (Lipinski definition) is 0. The SMILES string of the molecule is CC[C@@H](C)c1nc2ccc(Br)cc2c(=O)n1N=Cc1cc(OC)c(O[C@H](C)C(=O)OC)cc1Br. The number of nitrogens with zero attached hydrogens (tertiary/aromatic N) is 3. The Morgan fingerprint density at radius 3 is 2.56 bits per heavy atom. The number of aromatic nitrogens is 2. The summed E-state index contributed by atoms with van der Waals surface area (Å²) >= 11 is 6.92. The molecule has 8 nitrogen and oxygen atoms in total. The smallest absolute Gasteiger partial charge is 0.346 e. The number of esters is 1. The van der Waals surface area contributed by atoms with Crippen molar-refractivity contribution in [3.63, 3.8) is 0 Å². The lowest BCUT2D eigenvalue weighted by molar-refractivity contribution is -0.147. The second kappa shape index (κ2) is 11.1. The van der Waals surface area contributed by atoms with Crippen LogP contribution in [0.5, 0.6) is 11.5 Å². The molecular weight excluding hydrogens is 570 g/mol. The molecule has 0 unspecified atom stereocenters.